The van der Waals surface area contributed by atoms with Crippen molar-refractivity contribution < 1.29 is 0 Å². The summed E-state index contributed by atoms with van der Waals surface area (Å²) in [4.78, 5) is 10.6. The minimum atomic E-state index is 0.465. The molecule has 0 amide bonds. The molecule has 16 heavy (non-hydrogen) atoms. The molecule has 0 aromatic carbocycles. The van der Waals surface area contributed by atoms with Crippen molar-refractivity contribution in [2.75, 3.05) is 38.3 Å². The molecule has 1 aromatic rings. The Morgan fingerprint density at radius 3 is 2.50 bits per heavy atom. The Balaban J connectivity index is 2.67. The molecule has 0 aliphatic carbocycles. The van der Waals surface area contributed by atoms with E-state index >= 15 is 0 Å². The van der Waals surface area contributed by atoms with Gasteiger partial charge in [0.15, 0.2) is 0 Å². The van der Waals surface area contributed by atoms with Gasteiger partial charge in [0.05, 0.1) is 0 Å². The molecule has 0 saturated carbocycles. The molecule has 2 N–H and O–H groups in total. The monoisotopic (exact) mass is 223 g/mol. The van der Waals surface area contributed by atoms with Crippen LogP contribution in [-0.2, 0) is 0 Å². The number of nitrogens with one attached hydrogen (secondary N) is 2. The molecular formula is C11H21N5. The van der Waals surface area contributed by atoms with E-state index in [0.717, 1.165) is 23.7 Å². The van der Waals surface area contributed by atoms with Crippen molar-refractivity contribution in [3.8, 4) is 0 Å². The number of rotatable bonds is 5. The van der Waals surface area contributed by atoms with Crippen LogP contribution in [0.3, 0.4) is 0 Å². The average Bonchev–Trinajstić information content (AvgIpc) is 2.27. The number of nitrogens with zero attached hydrogens (tertiary/aromatic N) is 3. The van der Waals surface area contributed by atoms with Crippen molar-refractivity contribution in [2.45, 2.75) is 19.9 Å². The van der Waals surface area contributed by atoms with Gasteiger partial charge in [0.1, 0.15) is 18.0 Å². The van der Waals surface area contributed by atoms with Gasteiger partial charge in [0, 0.05) is 25.2 Å². The summed E-state index contributed by atoms with van der Waals surface area (Å²) < 4.78 is 0. The van der Waals surface area contributed by atoms with Crippen LogP contribution in [0.25, 0.3) is 0 Å². The predicted octanol–water partition coefficient (Wildman–Crippen LogP) is 1.19. The van der Waals surface area contributed by atoms with Gasteiger partial charge in [-0.15, -0.1) is 0 Å². The summed E-state index contributed by atoms with van der Waals surface area (Å²) in [7, 11) is 6.00. The van der Waals surface area contributed by atoms with Crippen molar-refractivity contribution in [1.82, 2.24) is 14.9 Å². The first kappa shape index (κ1) is 12.7. The zero-order chi connectivity index (χ0) is 12.1. The van der Waals surface area contributed by atoms with E-state index in [1.54, 1.807) is 6.33 Å². The number of hydrogen-bond donors (Lipinski definition) is 2. The lowest BCUT2D eigenvalue weighted by atomic mass is 10.2. The highest BCUT2D eigenvalue weighted by atomic mass is 15.1. The number of hydrogen-bond acceptors (Lipinski definition) is 5. The Labute approximate surface area is 97.3 Å². The van der Waals surface area contributed by atoms with Crippen molar-refractivity contribution in [3.05, 3.63) is 11.9 Å². The van der Waals surface area contributed by atoms with E-state index in [1.807, 2.05) is 14.0 Å². The van der Waals surface area contributed by atoms with Crippen LogP contribution >= 0.6 is 0 Å². The van der Waals surface area contributed by atoms with Crippen LogP contribution in [-0.4, -0.2) is 48.6 Å². The summed E-state index contributed by atoms with van der Waals surface area (Å²) in [6.45, 7) is 5.05. The van der Waals surface area contributed by atoms with E-state index in [-0.39, 0.29) is 0 Å². The second-order valence-electron chi connectivity index (χ2n) is 4.14. The van der Waals surface area contributed by atoms with Crippen LogP contribution in [0.15, 0.2) is 6.33 Å². The van der Waals surface area contributed by atoms with Gasteiger partial charge in [-0.2, -0.15) is 0 Å². The van der Waals surface area contributed by atoms with Crippen molar-refractivity contribution in [2.24, 2.45) is 0 Å². The molecule has 1 rings (SSSR count). The van der Waals surface area contributed by atoms with Crippen LogP contribution in [0.1, 0.15) is 12.5 Å². The minimum Gasteiger partial charge on any atom is -0.373 e. The third-order valence-electron chi connectivity index (χ3n) is 2.77. The summed E-state index contributed by atoms with van der Waals surface area (Å²) in [5.41, 5.74) is 1.05. The van der Waals surface area contributed by atoms with Crippen LogP contribution < -0.4 is 10.6 Å². The normalized spacial score (nSPS) is 12.6. The van der Waals surface area contributed by atoms with E-state index in [9.17, 15) is 0 Å². The largest absolute Gasteiger partial charge is 0.373 e. The summed E-state index contributed by atoms with van der Waals surface area (Å²) in [6, 6.07) is 0.465. The fourth-order valence-electron chi connectivity index (χ4n) is 1.31. The quantitative estimate of drug-likeness (QED) is 0.785. The summed E-state index contributed by atoms with van der Waals surface area (Å²) in [5.74, 6) is 1.77. The second-order valence-corrected chi connectivity index (χ2v) is 4.14. The SMILES string of the molecule is CNc1ncnc(NCC(C)N(C)C)c1C. The molecule has 0 bridgehead atoms. The molecule has 1 unspecified atom stereocenters. The fourth-order valence-corrected chi connectivity index (χ4v) is 1.31. The molecule has 5 nitrogen and oxygen atoms in total. The lowest BCUT2D eigenvalue weighted by Gasteiger charge is -2.21. The molecule has 0 aliphatic rings. The Kier molecular flexibility index (Phi) is 4.49. The summed E-state index contributed by atoms with van der Waals surface area (Å²) >= 11 is 0. The molecule has 1 aromatic heterocycles. The maximum atomic E-state index is 4.24. The third-order valence-corrected chi connectivity index (χ3v) is 2.77. The lowest BCUT2D eigenvalue weighted by Crippen LogP contribution is -2.31. The van der Waals surface area contributed by atoms with Crippen molar-refractivity contribution in [1.29, 1.82) is 0 Å². The van der Waals surface area contributed by atoms with Gasteiger partial charge in [-0.1, -0.05) is 0 Å². The van der Waals surface area contributed by atoms with E-state index in [4.69, 9.17) is 0 Å². The van der Waals surface area contributed by atoms with Crippen LogP contribution in [0.2, 0.25) is 0 Å². The van der Waals surface area contributed by atoms with E-state index in [1.165, 1.54) is 0 Å². The smallest absolute Gasteiger partial charge is 0.134 e. The highest BCUT2D eigenvalue weighted by Gasteiger charge is 2.08. The highest BCUT2D eigenvalue weighted by Crippen LogP contribution is 2.17. The molecular weight excluding hydrogens is 202 g/mol. The molecule has 5 heteroatoms. The van der Waals surface area contributed by atoms with Crippen LogP contribution in [0.5, 0.6) is 0 Å². The fraction of sp³-hybridized carbons (Fsp3) is 0.636. The predicted molar refractivity (Wildman–Crippen MR) is 68.0 cm³/mol. The molecule has 90 valence electrons. The number of aromatic nitrogens is 2. The Hall–Kier alpha value is -1.36. The first-order valence-electron chi connectivity index (χ1n) is 5.46. The Bertz CT molecular complexity index is 337. The highest BCUT2D eigenvalue weighted by molar-refractivity contribution is 5.56. The Morgan fingerprint density at radius 2 is 1.94 bits per heavy atom. The molecule has 1 atom stereocenters. The molecule has 0 fully saturated rings. The van der Waals surface area contributed by atoms with Crippen LogP contribution in [0.4, 0.5) is 11.6 Å². The van der Waals surface area contributed by atoms with Gasteiger partial charge in [0.2, 0.25) is 0 Å². The number of anilines is 2. The lowest BCUT2D eigenvalue weighted by molar-refractivity contribution is 0.326. The van der Waals surface area contributed by atoms with E-state index in [2.05, 4.69) is 46.5 Å². The van der Waals surface area contributed by atoms with E-state index < -0.39 is 0 Å². The standard InChI is InChI=1S/C11H21N5/c1-8(16(4)5)6-13-11-9(2)10(12-3)14-7-15-11/h7-8H,6H2,1-5H3,(H2,12,13,14,15). The summed E-state index contributed by atoms with van der Waals surface area (Å²) in [5, 5.41) is 6.38. The van der Waals surface area contributed by atoms with Gasteiger partial charge >= 0.3 is 0 Å². The Morgan fingerprint density at radius 1 is 1.31 bits per heavy atom. The van der Waals surface area contributed by atoms with Gasteiger partial charge in [0.25, 0.3) is 0 Å². The topological polar surface area (TPSA) is 53.1 Å². The van der Waals surface area contributed by atoms with Crippen molar-refractivity contribution >= 4 is 11.6 Å². The first-order valence-corrected chi connectivity index (χ1v) is 5.46. The molecule has 0 radical (unpaired) electrons. The van der Waals surface area contributed by atoms with Gasteiger partial charge in [-0.3, -0.25) is 0 Å². The second kappa shape index (κ2) is 5.65. The minimum absolute atomic E-state index is 0.465. The maximum absolute atomic E-state index is 4.24. The molecule has 0 aliphatic heterocycles. The number of likely N-dealkylation sites (N-methyl/N-ethyl adjacent to an activating group) is 1. The van der Waals surface area contributed by atoms with Crippen molar-refractivity contribution in [3.63, 3.8) is 0 Å². The third kappa shape index (κ3) is 3.06. The van der Waals surface area contributed by atoms with E-state index in [0.29, 0.717) is 6.04 Å². The van der Waals surface area contributed by atoms with Gasteiger partial charge < -0.3 is 15.5 Å². The molecule has 0 spiro atoms. The zero-order valence-electron chi connectivity index (χ0n) is 10.7. The maximum Gasteiger partial charge on any atom is 0.134 e. The zero-order valence-corrected chi connectivity index (χ0v) is 10.7. The molecule has 1 heterocycles. The average molecular weight is 223 g/mol. The van der Waals surface area contributed by atoms with Gasteiger partial charge in [-0.25, -0.2) is 9.97 Å². The summed E-state index contributed by atoms with van der Waals surface area (Å²) in [6.07, 6.45) is 1.57. The van der Waals surface area contributed by atoms with Gasteiger partial charge in [-0.05, 0) is 27.9 Å². The molecule has 0 saturated heterocycles. The first-order chi connectivity index (χ1) is 7.56. The van der Waals surface area contributed by atoms with Crippen LogP contribution in [0, 0.1) is 6.92 Å².